The molecular formula is C24H44O2P2. The van der Waals surface area contributed by atoms with E-state index >= 15 is 0 Å². The molecule has 1 aromatic rings. The highest BCUT2D eigenvalue weighted by molar-refractivity contribution is 7.66. The van der Waals surface area contributed by atoms with Crippen LogP contribution in [-0.2, 0) is 21.5 Å². The van der Waals surface area contributed by atoms with Crippen molar-refractivity contribution in [3.05, 3.63) is 35.4 Å². The van der Waals surface area contributed by atoms with Crippen molar-refractivity contribution < 1.29 is 9.13 Å². The van der Waals surface area contributed by atoms with E-state index in [1.807, 2.05) is 6.07 Å². The second-order valence-corrected chi connectivity index (χ2v) is 21.3. The van der Waals surface area contributed by atoms with Crippen LogP contribution in [-0.4, -0.2) is 20.6 Å². The lowest BCUT2D eigenvalue weighted by Gasteiger charge is -2.42. The first kappa shape index (κ1) is 25.7. The van der Waals surface area contributed by atoms with Crippen molar-refractivity contribution in [1.29, 1.82) is 0 Å². The highest BCUT2D eigenvalue weighted by atomic mass is 31.2. The number of hydrogen-bond donors (Lipinski definition) is 0. The lowest BCUT2D eigenvalue weighted by molar-refractivity contribution is 0.516. The third-order valence-electron chi connectivity index (χ3n) is 6.14. The summed E-state index contributed by atoms with van der Waals surface area (Å²) >= 11 is 0. The van der Waals surface area contributed by atoms with Gasteiger partial charge in [-0.05, 0) is 11.1 Å². The van der Waals surface area contributed by atoms with E-state index in [0.29, 0.717) is 12.3 Å². The molecule has 1 rings (SSSR count). The van der Waals surface area contributed by atoms with Gasteiger partial charge in [-0.15, -0.1) is 0 Å². The van der Waals surface area contributed by atoms with E-state index in [4.69, 9.17) is 0 Å². The van der Waals surface area contributed by atoms with E-state index in [-0.39, 0.29) is 20.6 Å². The van der Waals surface area contributed by atoms with Crippen molar-refractivity contribution in [2.75, 3.05) is 0 Å². The summed E-state index contributed by atoms with van der Waals surface area (Å²) in [6.07, 6.45) is 1.17. The predicted molar refractivity (Wildman–Crippen MR) is 128 cm³/mol. The summed E-state index contributed by atoms with van der Waals surface area (Å²) in [6, 6.07) is 8.34. The molecule has 0 heterocycles. The molecule has 0 aliphatic rings. The van der Waals surface area contributed by atoms with Crippen LogP contribution in [0, 0.1) is 0 Å². The van der Waals surface area contributed by atoms with Crippen molar-refractivity contribution in [1.82, 2.24) is 0 Å². The van der Waals surface area contributed by atoms with Crippen LogP contribution in [0.4, 0.5) is 0 Å². The summed E-state index contributed by atoms with van der Waals surface area (Å²) in [6.45, 7) is 25.1. The van der Waals surface area contributed by atoms with E-state index < -0.39 is 14.3 Å². The summed E-state index contributed by atoms with van der Waals surface area (Å²) in [5.41, 5.74) is 2.19. The summed E-state index contributed by atoms with van der Waals surface area (Å²) in [5, 5.41) is -1.03. The number of hydrogen-bond acceptors (Lipinski definition) is 2. The van der Waals surface area contributed by atoms with E-state index in [0.717, 1.165) is 11.1 Å². The van der Waals surface area contributed by atoms with Gasteiger partial charge in [-0.2, -0.15) is 0 Å². The average Bonchev–Trinajstić information content (AvgIpc) is 2.42. The minimum atomic E-state index is -2.51. The Kier molecular flexibility index (Phi) is 7.11. The maximum atomic E-state index is 14.1. The Hall–Kier alpha value is -0.320. The quantitative estimate of drug-likeness (QED) is 0.452. The third kappa shape index (κ3) is 5.05. The molecule has 0 radical (unpaired) electrons. The summed E-state index contributed by atoms with van der Waals surface area (Å²) < 4.78 is 28.2. The Morgan fingerprint density at radius 2 is 0.821 bits per heavy atom. The zero-order chi connectivity index (χ0) is 22.4. The van der Waals surface area contributed by atoms with Gasteiger partial charge in [-0.1, -0.05) is 107 Å². The van der Waals surface area contributed by atoms with Gasteiger partial charge in [-0.3, -0.25) is 0 Å². The van der Waals surface area contributed by atoms with Gasteiger partial charge in [0.2, 0.25) is 0 Å². The SMILES string of the molecule is CC(C)(C)P(=O)(Cc1cccc(CP(=O)(C(C)(C)C)C(C)(C)C)c1)C(C)(C)C. The highest BCUT2D eigenvalue weighted by Crippen LogP contribution is 2.70. The Labute approximate surface area is 175 Å². The molecule has 0 fully saturated rings. The third-order valence-corrected chi connectivity index (χ3v) is 16.4. The second kappa shape index (κ2) is 7.74. The van der Waals surface area contributed by atoms with E-state index in [2.05, 4.69) is 101 Å². The predicted octanol–water partition coefficient (Wildman–Crippen LogP) is 8.61. The van der Waals surface area contributed by atoms with Crippen molar-refractivity contribution in [2.24, 2.45) is 0 Å². The van der Waals surface area contributed by atoms with E-state index in [1.165, 1.54) is 0 Å². The van der Waals surface area contributed by atoms with Crippen molar-refractivity contribution >= 4 is 14.3 Å². The fraction of sp³-hybridized carbons (Fsp3) is 0.750. The van der Waals surface area contributed by atoms with Gasteiger partial charge in [0.1, 0.15) is 14.3 Å². The van der Waals surface area contributed by atoms with E-state index in [1.54, 1.807) is 0 Å². The zero-order valence-corrected chi connectivity index (χ0v) is 22.2. The summed E-state index contributed by atoms with van der Waals surface area (Å²) in [7, 11) is -5.03. The molecular weight excluding hydrogens is 382 g/mol. The molecule has 0 aliphatic carbocycles. The maximum absolute atomic E-state index is 14.1. The Morgan fingerprint density at radius 1 is 0.571 bits per heavy atom. The molecule has 0 amide bonds. The fourth-order valence-electron chi connectivity index (χ4n) is 4.30. The standard InChI is InChI=1S/C24H44O2P2/c1-21(2,3)27(25,22(4,5)6)17-19-14-13-15-20(16-19)18-28(26,23(7,8)9)24(10,11)12/h13-16H,17-18H2,1-12H3. The van der Waals surface area contributed by atoms with Crippen LogP contribution < -0.4 is 0 Å². The van der Waals surface area contributed by atoms with Crippen molar-refractivity contribution in [3.8, 4) is 0 Å². The van der Waals surface area contributed by atoms with Crippen LogP contribution in [0.2, 0.25) is 0 Å². The minimum absolute atomic E-state index is 0.257. The van der Waals surface area contributed by atoms with Gasteiger partial charge in [0.25, 0.3) is 0 Å². The number of rotatable bonds is 4. The van der Waals surface area contributed by atoms with Gasteiger partial charge in [0.15, 0.2) is 0 Å². The molecule has 0 N–H and O–H groups in total. The molecule has 162 valence electrons. The monoisotopic (exact) mass is 426 g/mol. The van der Waals surface area contributed by atoms with E-state index in [9.17, 15) is 9.13 Å². The molecule has 28 heavy (non-hydrogen) atoms. The van der Waals surface area contributed by atoms with Crippen molar-refractivity contribution in [2.45, 2.75) is 116 Å². The van der Waals surface area contributed by atoms with Crippen LogP contribution in [0.15, 0.2) is 24.3 Å². The molecule has 0 saturated heterocycles. The molecule has 4 heteroatoms. The molecule has 2 nitrogen and oxygen atoms in total. The van der Waals surface area contributed by atoms with Gasteiger partial charge in [0.05, 0.1) is 0 Å². The lowest BCUT2D eigenvalue weighted by Crippen LogP contribution is -2.30. The van der Waals surface area contributed by atoms with Gasteiger partial charge in [-0.25, -0.2) is 0 Å². The number of benzene rings is 1. The van der Waals surface area contributed by atoms with Gasteiger partial charge in [0, 0.05) is 32.9 Å². The summed E-state index contributed by atoms with van der Waals surface area (Å²) in [4.78, 5) is 0. The smallest absolute Gasteiger partial charge is 0.102 e. The van der Waals surface area contributed by atoms with Crippen LogP contribution >= 0.6 is 14.3 Å². The lowest BCUT2D eigenvalue weighted by atomic mass is 10.2. The Balaban J connectivity index is 3.38. The largest absolute Gasteiger partial charge is 0.322 e. The van der Waals surface area contributed by atoms with Crippen LogP contribution in [0.3, 0.4) is 0 Å². The topological polar surface area (TPSA) is 34.1 Å². The summed E-state index contributed by atoms with van der Waals surface area (Å²) in [5.74, 6) is 0. The van der Waals surface area contributed by atoms with Gasteiger partial charge >= 0.3 is 0 Å². The molecule has 0 aromatic heterocycles. The first-order valence-electron chi connectivity index (χ1n) is 10.4. The fourth-order valence-corrected chi connectivity index (χ4v) is 11.6. The second-order valence-electron chi connectivity index (χ2n) is 12.3. The Bertz CT molecular complexity index is 679. The van der Waals surface area contributed by atoms with Gasteiger partial charge < -0.3 is 9.13 Å². The molecule has 0 spiro atoms. The highest BCUT2D eigenvalue weighted by Gasteiger charge is 2.47. The molecule has 0 bridgehead atoms. The molecule has 1 aromatic carbocycles. The maximum Gasteiger partial charge on any atom is 0.102 e. The molecule has 0 aliphatic heterocycles. The Morgan fingerprint density at radius 3 is 1.04 bits per heavy atom. The normalized spacial score (nSPS) is 15.0. The van der Waals surface area contributed by atoms with Crippen LogP contribution in [0.1, 0.15) is 94.2 Å². The zero-order valence-electron chi connectivity index (χ0n) is 20.4. The van der Waals surface area contributed by atoms with Crippen LogP contribution in [0.5, 0.6) is 0 Å². The molecule has 0 saturated carbocycles. The van der Waals surface area contributed by atoms with Crippen molar-refractivity contribution in [3.63, 3.8) is 0 Å². The average molecular weight is 427 g/mol. The van der Waals surface area contributed by atoms with Crippen LogP contribution in [0.25, 0.3) is 0 Å². The molecule has 0 unspecified atom stereocenters. The minimum Gasteiger partial charge on any atom is -0.322 e. The first-order valence-corrected chi connectivity index (χ1v) is 14.2. The first-order chi connectivity index (χ1) is 12.2. The molecule has 0 atom stereocenters.